The lowest BCUT2D eigenvalue weighted by Crippen LogP contribution is -2.44. The van der Waals surface area contributed by atoms with Crippen molar-refractivity contribution >= 4 is 27.5 Å². The van der Waals surface area contributed by atoms with E-state index >= 15 is 0 Å². The fourth-order valence-corrected chi connectivity index (χ4v) is 6.60. The highest BCUT2D eigenvalue weighted by molar-refractivity contribution is 7.89. The first kappa shape index (κ1) is 19.2. The molecule has 3 fully saturated rings. The first-order valence-corrected chi connectivity index (χ1v) is 11.9. The molecule has 1 amide bonds. The van der Waals surface area contributed by atoms with Gasteiger partial charge in [-0.3, -0.25) is 4.79 Å². The highest BCUT2D eigenvalue weighted by atomic mass is 35.5. The quantitative estimate of drug-likeness (QED) is 0.761. The summed E-state index contributed by atoms with van der Waals surface area (Å²) in [6.07, 6.45) is 7.82. The van der Waals surface area contributed by atoms with E-state index in [-0.39, 0.29) is 10.8 Å². The minimum Gasteiger partial charge on any atom is -0.338 e. The molecule has 0 unspecified atom stereocenters. The highest BCUT2D eigenvalue weighted by Gasteiger charge is 2.34. The van der Waals surface area contributed by atoms with Crippen molar-refractivity contribution < 1.29 is 13.2 Å². The van der Waals surface area contributed by atoms with Crippen LogP contribution < -0.4 is 0 Å². The zero-order valence-corrected chi connectivity index (χ0v) is 17.1. The van der Waals surface area contributed by atoms with Gasteiger partial charge in [-0.15, -0.1) is 0 Å². The van der Waals surface area contributed by atoms with E-state index in [1.807, 2.05) is 4.90 Å². The van der Waals surface area contributed by atoms with Crippen LogP contribution in [0.15, 0.2) is 23.1 Å². The third-order valence-electron chi connectivity index (χ3n) is 6.45. The number of amides is 1. The second-order valence-corrected chi connectivity index (χ2v) is 10.4. The number of likely N-dealkylation sites (tertiary alicyclic amines) is 1. The maximum atomic E-state index is 13.1. The van der Waals surface area contributed by atoms with Gasteiger partial charge in [-0.05, 0) is 55.7 Å². The first-order valence-electron chi connectivity index (χ1n) is 10.1. The largest absolute Gasteiger partial charge is 0.338 e. The van der Waals surface area contributed by atoms with Gasteiger partial charge in [0.05, 0.1) is 15.5 Å². The summed E-state index contributed by atoms with van der Waals surface area (Å²) in [6, 6.07) is 4.54. The third-order valence-corrected chi connectivity index (χ3v) is 8.67. The van der Waals surface area contributed by atoms with Crippen LogP contribution in [0.5, 0.6) is 0 Å². The van der Waals surface area contributed by atoms with E-state index in [0.29, 0.717) is 29.6 Å². The molecule has 3 aliphatic rings. The Bertz CT molecular complexity index is 821. The van der Waals surface area contributed by atoms with Crippen molar-refractivity contribution in [2.75, 3.05) is 26.2 Å². The van der Waals surface area contributed by atoms with Crippen molar-refractivity contribution in [2.45, 2.75) is 49.8 Å². The predicted molar refractivity (Wildman–Crippen MR) is 105 cm³/mol. The molecule has 7 heteroatoms. The van der Waals surface area contributed by atoms with Gasteiger partial charge in [0.25, 0.3) is 5.91 Å². The van der Waals surface area contributed by atoms with E-state index in [1.54, 1.807) is 6.07 Å². The smallest absolute Gasteiger partial charge is 0.255 e. The molecule has 2 heterocycles. The molecule has 2 aliphatic heterocycles. The molecule has 0 bridgehead atoms. The Morgan fingerprint density at radius 3 is 2.41 bits per heavy atom. The SMILES string of the molecule is O=C(c1cc(S(=O)(=O)N2CCCC2)ccc1Cl)N1CC[C@@H]2CCCC[C@H]2C1. The van der Waals surface area contributed by atoms with E-state index in [9.17, 15) is 13.2 Å². The number of benzene rings is 1. The number of halogens is 1. The van der Waals surface area contributed by atoms with Gasteiger partial charge in [0.15, 0.2) is 0 Å². The van der Waals surface area contributed by atoms with Crippen LogP contribution in [-0.2, 0) is 10.0 Å². The van der Waals surface area contributed by atoms with Crippen molar-refractivity contribution in [1.82, 2.24) is 9.21 Å². The number of carbonyl (C=O) groups excluding carboxylic acids is 1. The van der Waals surface area contributed by atoms with E-state index < -0.39 is 10.0 Å². The Morgan fingerprint density at radius 2 is 1.67 bits per heavy atom. The van der Waals surface area contributed by atoms with Crippen molar-refractivity contribution in [3.8, 4) is 0 Å². The molecule has 4 rings (SSSR count). The van der Waals surface area contributed by atoms with Gasteiger partial charge in [-0.1, -0.05) is 30.9 Å². The molecule has 1 aromatic rings. The van der Waals surface area contributed by atoms with Gasteiger partial charge in [-0.25, -0.2) is 8.42 Å². The fourth-order valence-electron chi connectivity index (χ4n) is 4.86. The molecule has 2 saturated heterocycles. The maximum Gasteiger partial charge on any atom is 0.255 e. The molecule has 27 heavy (non-hydrogen) atoms. The van der Waals surface area contributed by atoms with Crippen LogP contribution in [0, 0.1) is 11.8 Å². The van der Waals surface area contributed by atoms with Crippen LogP contribution in [0.4, 0.5) is 0 Å². The van der Waals surface area contributed by atoms with Crippen LogP contribution in [0.3, 0.4) is 0 Å². The Kier molecular flexibility index (Phi) is 5.50. The lowest BCUT2D eigenvalue weighted by Gasteiger charge is -2.41. The molecule has 1 aromatic carbocycles. The lowest BCUT2D eigenvalue weighted by atomic mass is 9.75. The number of hydrogen-bond donors (Lipinski definition) is 0. The van der Waals surface area contributed by atoms with Gasteiger partial charge in [0, 0.05) is 26.2 Å². The van der Waals surface area contributed by atoms with Crippen molar-refractivity contribution in [3.05, 3.63) is 28.8 Å². The van der Waals surface area contributed by atoms with Gasteiger partial charge < -0.3 is 4.90 Å². The second kappa shape index (κ2) is 7.72. The molecule has 5 nitrogen and oxygen atoms in total. The van der Waals surface area contributed by atoms with Crippen molar-refractivity contribution in [3.63, 3.8) is 0 Å². The Morgan fingerprint density at radius 1 is 0.963 bits per heavy atom. The molecule has 0 spiro atoms. The standard InChI is InChI=1S/C20H27ClN2O3S/c21-19-8-7-17(27(25,26)23-10-3-4-11-23)13-18(19)20(24)22-12-9-15-5-1-2-6-16(15)14-22/h7-8,13,15-16H,1-6,9-12,14H2/t15-,16-/m0/s1. The number of rotatable bonds is 3. The van der Waals surface area contributed by atoms with Gasteiger partial charge in [0.2, 0.25) is 10.0 Å². The van der Waals surface area contributed by atoms with Crippen LogP contribution in [0.25, 0.3) is 0 Å². The number of hydrogen-bond acceptors (Lipinski definition) is 3. The highest BCUT2D eigenvalue weighted by Crippen LogP contribution is 2.37. The van der Waals surface area contributed by atoms with Crippen LogP contribution in [0.1, 0.15) is 55.3 Å². The molecular formula is C20H27ClN2O3S. The normalized spacial score (nSPS) is 26.8. The Labute approximate surface area is 166 Å². The molecule has 148 valence electrons. The number of nitrogens with zero attached hydrogens (tertiary/aromatic N) is 2. The lowest BCUT2D eigenvalue weighted by molar-refractivity contribution is 0.0521. The number of carbonyl (C=O) groups is 1. The third kappa shape index (κ3) is 3.76. The van der Waals surface area contributed by atoms with Crippen molar-refractivity contribution in [1.29, 1.82) is 0 Å². The van der Waals surface area contributed by atoms with E-state index in [2.05, 4.69) is 0 Å². The summed E-state index contributed by atoms with van der Waals surface area (Å²) in [7, 11) is -3.56. The molecule has 1 aliphatic carbocycles. The van der Waals surface area contributed by atoms with Gasteiger partial charge >= 0.3 is 0 Å². The molecule has 0 radical (unpaired) electrons. The van der Waals surface area contributed by atoms with E-state index in [4.69, 9.17) is 11.6 Å². The summed E-state index contributed by atoms with van der Waals surface area (Å²) < 4.78 is 27.2. The molecule has 0 N–H and O–H groups in total. The van der Waals surface area contributed by atoms with Gasteiger partial charge in [0.1, 0.15) is 0 Å². The van der Waals surface area contributed by atoms with Crippen LogP contribution in [-0.4, -0.2) is 49.7 Å². The summed E-state index contributed by atoms with van der Waals surface area (Å²) in [6.45, 7) is 2.59. The number of sulfonamides is 1. The zero-order chi connectivity index (χ0) is 19.0. The average molecular weight is 411 g/mol. The predicted octanol–water partition coefficient (Wildman–Crippen LogP) is 3.78. The summed E-state index contributed by atoms with van der Waals surface area (Å²) in [5.41, 5.74) is 0.311. The maximum absolute atomic E-state index is 13.1. The fraction of sp³-hybridized carbons (Fsp3) is 0.650. The topological polar surface area (TPSA) is 57.7 Å². The molecule has 2 atom stereocenters. The Hall–Kier alpha value is -1.11. The van der Waals surface area contributed by atoms with E-state index in [1.165, 1.54) is 42.1 Å². The number of piperidine rings is 1. The summed E-state index contributed by atoms with van der Waals surface area (Å²) >= 11 is 6.30. The van der Waals surface area contributed by atoms with Crippen molar-refractivity contribution in [2.24, 2.45) is 11.8 Å². The number of fused-ring (bicyclic) bond motifs is 1. The summed E-state index contributed by atoms with van der Waals surface area (Å²) in [5, 5.41) is 0.325. The average Bonchev–Trinajstić information content (AvgIpc) is 3.23. The Balaban J connectivity index is 1.57. The molecule has 1 saturated carbocycles. The zero-order valence-electron chi connectivity index (χ0n) is 15.6. The minimum absolute atomic E-state index is 0.137. The van der Waals surface area contributed by atoms with Crippen LogP contribution in [0.2, 0.25) is 5.02 Å². The van der Waals surface area contributed by atoms with E-state index in [0.717, 1.165) is 38.3 Å². The second-order valence-electron chi connectivity index (χ2n) is 8.10. The minimum atomic E-state index is -3.56. The first-order chi connectivity index (χ1) is 13.0. The summed E-state index contributed by atoms with van der Waals surface area (Å²) in [5.74, 6) is 1.18. The summed E-state index contributed by atoms with van der Waals surface area (Å²) in [4.78, 5) is 15.2. The van der Waals surface area contributed by atoms with Gasteiger partial charge in [-0.2, -0.15) is 4.31 Å². The monoisotopic (exact) mass is 410 g/mol. The molecular weight excluding hydrogens is 384 g/mol. The van der Waals surface area contributed by atoms with Crippen LogP contribution >= 0.6 is 11.6 Å². The molecule has 0 aromatic heterocycles.